The Morgan fingerprint density at radius 3 is 2.56 bits per heavy atom. The van der Waals surface area contributed by atoms with Gasteiger partial charge < -0.3 is 15.3 Å². The molecule has 0 spiro atoms. The lowest BCUT2D eigenvalue weighted by atomic mass is 10.1. The number of aldehydes is 1. The van der Waals surface area contributed by atoms with E-state index in [0.717, 1.165) is 0 Å². The molecule has 16 heavy (non-hydrogen) atoms. The van der Waals surface area contributed by atoms with Crippen molar-refractivity contribution < 1.29 is 20.1 Å². The van der Waals surface area contributed by atoms with Gasteiger partial charge in [0.15, 0.2) is 6.29 Å². The van der Waals surface area contributed by atoms with Crippen LogP contribution >= 0.6 is 0 Å². The highest BCUT2D eigenvalue weighted by atomic mass is 16.3. The Kier molecular flexibility index (Phi) is 4.22. The molecule has 86 valence electrons. The molecule has 0 saturated carbocycles. The molecule has 1 aromatic carbocycles. The fourth-order valence-electron chi connectivity index (χ4n) is 1.21. The van der Waals surface area contributed by atoms with Gasteiger partial charge in [-0.25, -0.2) is 0 Å². The lowest BCUT2D eigenvalue weighted by molar-refractivity contribution is 0.0624. The van der Waals surface area contributed by atoms with Crippen molar-refractivity contribution in [2.24, 2.45) is 0 Å². The van der Waals surface area contributed by atoms with Crippen LogP contribution in [0.5, 0.6) is 5.75 Å². The second kappa shape index (κ2) is 5.44. The summed E-state index contributed by atoms with van der Waals surface area (Å²) in [6.07, 6.45) is 1.52. The highest BCUT2D eigenvalue weighted by Crippen LogP contribution is 2.20. The number of aliphatic hydroxyl groups excluding tert-OH is 2. The molecule has 3 N–H and O–H groups in total. The summed E-state index contributed by atoms with van der Waals surface area (Å²) in [7, 11) is 0. The number of rotatable bonds is 4. The van der Waals surface area contributed by atoms with Crippen LogP contribution in [0.25, 0.3) is 6.08 Å². The Balaban J connectivity index is 2.97. The molecule has 1 aromatic rings. The molecule has 0 saturated heterocycles. The van der Waals surface area contributed by atoms with E-state index >= 15 is 0 Å². The Morgan fingerprint density at radius 1 is 1.31 bits per heavy atom. The van der Waals surface area contributed by atoms with Gasteiger partial charge in [0.05, 0.1) is 17.8 Å². The van der Waals surface area contributed by atoms with Gasteiger partial charge in [0, 0.05) is 0 Å². The minimum atomic E-state index is -0.998. The average molecular weight is 222 g/mol. The minimum Gasteiger partial charge on any atom is -0.507 e. The van der Waals surface area contributed by atoms with E-state index in [2.05, 4.69) is 0 Å². The summed E-state index contributed by atoms with van der Waals surface area (Å²) in [4.78, 5) is 10.7. The predicted octanol–water partition coefficient (Wildman–Crippen LogP) is 0.960. The van der Waals surface area contributed by atoms with Crippen LogP contribution in [-0.2, 0) is 0 Å². The molecule has 0 aliphatic rings. The first-order valence-electron chi connectivity index (χ1n) is 4.87. The van der Waals surface area contributed by atoms with Crippen LogP contribution < -0.4 is 0 Å². The van der Waals surface area contributed by atoms with Crippen molar-refractivity contribution in [1.82, 2.24) is 0 Å². The Labute approximate surface area is 93.5 Å². The molecule has 0 bridgehead atoms. The van der Waals surface area contributed by atoms with Gasteiger partial charge in [-0.15, -0.1) is 0 Å². The first-order chi connectivity index (χ1) is 7.56. The van der Waals surface area contributed by atoms with Gasteiger partial charge in [-0.3, -0.25) is 4.79 Å². The van der Waals surface area contributed by atoms with Gasteiger partial charge in [0.25, 0.3) is 0 Å². The van der Waals surface area contributed by atoms with Crippen molar-refractivity contribution in [3.8, 4) is 5.75 Å². The minimum absolute atomic E-state index is 0.108. The van der Waals surface area contributed by atoms with Crippen LogP contribution in [0.3, 0.4) is 0 Å². The van der Waals surface area contributed by atoms with E-state index in [9.17, 15) is 15.0 Å². The lowest BCUT2D eigenvalue weighted by Gasteiger charge is -2.08. The summed E-state index contributed by atoms with van der Waals surface area (Å²) in [6, 6.07) is 4.64. The number of phenols is 1. The average Bonchev–Trinajstić information content (AvgIpc) is 2.25. The van der Waals surface area contributed by atoms with Crippen molar-refractivity contribution in [1.29, 1.82) is 0 Å². The summed E-state index contributed by atoms with van der Waals surface area (Å²) >= 11 is 0. The van der Waals surface area contributed by atoms with Crippen molar-refractivity contribution >= 4 is 12.4 Å². The van der Waals surface area contributed by atoms with E-state index in [1.54, 1.807) is 12.1 Å². The number of benzene rings is 1. The number of carbonyl (C=O) groups is 1. The number of hydrogen-bond acceptors (Lipinski definition) is 4. The quantitative estimate of drug-likeness (QED) is 0.663. The third-order valence-corrected chi connectivity index (χ3v) is 2.20. The highest BCUT2D eigenvalue weighted by molar-refractivity contribution is 5.85. The zero-order chi connectivity index (χ0) is 12.1. The number of aromatic hydroxyl groups is 1. The van der Waals surface area contributed by atoms with Crippen LogP contribution in [0.2, 0.25) is 0 Å². The second-order valence-corrected chi connectivity index (χ2v) is 3.49. The normalized spacial score (nSPS) is 14.9. The third kappa shape index (κ3) is 2.92. The molecule has 0 aliphatic carbocycles. The van der Waals surface area contributed by atoms with E-state index in [0.29, 0.717) is 11.8 Å². The first kappa shape index (κ1) is 12.4. The predicted molar refractivity (Wildman–Crippen MR) is 60.2 cm³/mol. The molecule has 0 heterocycles. The van der Waals surface area contributed by atoms with E-state index in [4.69, 9.17) is 5.11 Å². The summed E-state index contributed by atoms with van der Waals surface area (Å²) < 4.78 is 0. The van der Waals surface area contributed by atoms with Crippen molar-refractivity contribution in [3.63, 3.8) is 0 Å². The Morgan fingerprint density at radius 2 is 2.00 bits per heavy atom. The molecule has 0 amide bonds. The lowest BCUT2D eigenvalue weighted by Crippen LogP contribution is -2.19. The van der Waals surface area contributed by atoms with Gasteiger partial charge in [-0.1, -0.05) is 24.3 Å². The smallest absolute Gasteiger partial charge is 0.154 e. The Bertz CT molecular complexity index is 396. The molecule has 4 heteroatoms. The standard InChI is InChI=1S/C12H14O4/c1-8(14)11(15)6-5-9-3-2-4-12(16)10(9)7-13/h2-8,11,14-16H,1H3. The number of phenolic OH excluding ortho intramolecular Hbond substituents is 1. The molecule has 0 fully saturated rings. The van der Waals surface area contributed by atoms with Crippen LogP contribution in [0, 0.1) is 0 Å². The van der Waals surface area contributed by atoms with Gasteiger partial charge in [0.1, 0.15) is 5.75 Å². The summed E-state index contributed by atoms with van der Waals surface area (Å²) in [5.74, 6) is -0.108. The van der Waals surface area contributed by atoms with Gasteiger partial charge in [-0.2, -0.15) is 0 Å². The maximum atomic E-state index is 10.7. The zero-order valence-corrected chi connectivity index (χ0v) is 8.87. The van der Waals surface area contributed by atoms with Gasteiger partial charge in [0.2, 0.25) is 0 Å². The molecule has 0 aromatic heterocycles. The van der Waals surface area contributed by atoms with Gasteiger partial charge in [-0.05, 0) is 18.6 Å². The molecular weight excluding hydrogens is 208 g/mol. The monoisotopic (exact) mass is 222 g/mol. The van der Waals surface area contributed by atoms with Crippen molar-refractivity contribution in [2.45, 2.75) is 19.1 Å². The molecular formula is C12H14O4. The molecule has 4 nitrogen and oxygen atoms in total. The summed E-state index contributed by atoms with van der Waals surface area (Å²) in [5, 5.41) is 27.8. The molecule has 1 rings (SSSR count). The second-order valence-electron chi connectivity index (χ2n) is 3.49. The van der Waals surface area contributed by atoms with Crippen molar-refractivity contribution in [2.75, 3.05) is 0 Å². The fraction of sp³-hybridized carbons (Fsp3) is 0.250. The fourth-order valence-corrected chi connectivity index (χ4v) is 1.21. The topological polar surface area (TPSA) is 77.8 Å². The van der Waals surface area contributed by atoms with Crippen LogP contribution in [-0.4, -0.2) is 33.8 Å². The maximum absolute atomic E-state index is 10.7. The molecule has 2 unspecified atom stereocenters. The summed E-state index contributed by atoms with van der Waals surface area (Å²) in [6.45, 7) is 1.46. The van der Waals surface area contributed by atoms with Crippen LogP contribution in [0.15, 0.2) is 24.3 Å². The molecule has 2 atom stereocenters. The highest BCUT2D eigenvalue weighted by Gasteiger charge is 2.07. The maximum Gasteiger partial charge on any atom is 0.154 e. The molecule has 0 radical (unpaired) electrons. The summed E-state index contributed by atoms with van der Waals surface area (Å²) in [5.41, 5.74) is 0.659. The SMILES string of the molecule is CC(O)C(O)C=Cc1cccc(O)c1C=O. The van der Waals surface area contributed by atoms with E-state index in [1.807, 2.05) is 0 Å². The van der Waals surface area contributed by atoms with E-state index < -0.39 is 12.2 Å². The van der Waals surface area contributed by atoms with Crippen LogP contribution in [0.4, 0.5) is 0 Å². The van der Waals surface area contributed by atoms with Crippen molar-refractivity contribution in [3.05, 3.63) is 35.4 Å². The number of carbonyl (C=O) groups excluding carboxylic acids is 1. The largest absolute Gasteiger partial charge is 0.507 e. The zero-order valence-electron chi connectivity index (χ0n) is 8.87. The molecule has 0 aliphatic heterocycles. The van der Waals surface area contributed by atoms with Crippen LogP contribution in [0.1, 0.15) is 22.8 Å². The van der Waals surface area contributed by atoms with Gasteiger partial charge >= 0.3 is 0 Å². The van der Waals surface area contributed by atoms with E-state index in [1.165, 1.54) is 25.1 Å². The number of hydrogen-bond donors (Lipinski definition) is 3. The Hall–Kier alpha value is -1.65. The number of aliphatic hydroxyl groups is 2. The first-order valence-corrected chi connectivity index (χ1v) is 4.87. The third-order valence-electron chi connectivity index (χ3n) is 2.20. The van der Waals surface area contributed by atoms with E-state index in [-0.39, 0.29) is 11.3 Å².